The number of nitrogens with zero attached hydrogens (tertiary/aromatic N) is 1. The van der Waals surface area contributed by atoms with Gasteiger partial charge in [-0.25, -0.2) is 0 Å². The van der Waals surface area contributed by atoms with Gasteiger partial charge in [-0.1, -0.05) is 6.07 Å². The van der Waals surface area contributed by atoms with Crippen LogP contribution in [0.2, 0.25) is 0 Å². The van der Waals surface area contributed by atoms with Crippen LogP contribution in [0.5, 0.6) is 0 Å². The normalized spacial score (nSPS) is 13.2. The van der Waals surface area contributed by atoms with Gasteiger partial charge < -0.3 is 10.6 Å². The third kappa shape index (κ3) is 2.28. The lowest BCUT2D eigenvalue weighted by molar-refractivity contribution is 0.304. The van der Waals surface area contributed by atoms with Gasteiger partial charge >= 0.3 is 0 Å². The molecule has 0 radical (unpaired) electrons. The first kappa shape index (κ1) is 13.2. The molecule has 1 atom stereocenters. The van der Waals surface area contributed by atoms with Crippen LogP contribution < -0.4 is 5.73 Å². The summed E-state index contributed by atoms with van der Waals surface area (Å²) >= 11 is 0. The Morgan fingerprint density at radius 1 is 1.06 bits per heavy atom. The average molecular weight is 220 g/mol. The van der Waals surface area contributed by atoms with E-state index < -0.39 is 0 Å². The van der Waals surface area contributed by atoms with Crippen molar-refractivity contribution >= 4 is 0 Å². The summed E-state index contributed by atoms with van der Waals surface area (Å²) in [6, 6.07) is 2.58. The number of nitrogens with two attached hydrogens (primary N) is 1. The minimum absolute atomic E-state index is 0.318. The highest BCUT2D eigenvalue weighted by molar-refractivity contribution is 5.45. The largest absolute Gasteiger partial charge is 0.329 e. The first-order valence-corrected chi connectivity index (χ1v) is 5.84. The van der Waals surface area contributed by atoms with Crippen LogP contribution in [0.3, 0.4) is 0 Å². The topological polar surface area (TPSA) is 29.3 Å². The average Bonchev–Trinajstić information content (AvgIpc) is 2.21. The summed E-state index contributed by atoms with van der Waals surface area (Å²) in [5.41, 5.74) is 12.8. The zero-order valence-corrected chi connectivity index (χ0v) is 11.4. The highest BCUT2D eigenvalue weighted by atomic mass is 15.1. The monoisotopic (exact) mass is 220 g/mol. The smallest absolute Gasteiger partial charge is 0.0470 e. The number of hydrogen-bond acceptors (Lipinski definition) is 2. The second kappa shape index (κ2) is 4.98. The standard InChI is InChI=1S/C14H24N2/c1-9-7-10(2)12(4)14(11(9)3)13(8-15)16(5)6/h7,13H,8,15H2,1-6H3. The molecule has 0 saturated heterocycles. The Kier molecular flexibility index (Phi) is 4.11. The molecule has 1 unspecified atom stereocenters. The number of hydrogen-bond donors (Lipinski definition) is 1. The highest BCUT2D eigenvalue weighted by Gasteiger charge is 2.18. The molecule has 0 saturated carbocycles. The molecule has 0 spiro atoms. The maximum atomic E-state index is 5.90. The van der Waals surface area contributed by atoms with Crippen molar-refractivity contribution in [2.75, 3.05) is 20.6 Å². The van der Waals surface area contributed by atoms with E-state index in [1.54, 1.807) is 0 Å². The Morgan fingerprint density at radius 3 is 1.81 bits per heavy atom. The van der Waals surface area contributed by atoms with Crippen molar-refractivity contribution in [3.63, 3.8) is 0 Å². The van der Waals surface area contributed by atoms with Gasteiger partial charge in [0.1, 0.15) is 0 Å². The second-order valence-electron chi connectivity index (χ2n) is 4.89. The van der Waals surface area contributed by atoms with Crippen molar-refractivity contribution in [2.45, 2.75) is 33.7 Å². The SMILES string of the molecule is Cc1cc(C)c(C)c(C(CN)N(C)C)c1C. The molecular weight excluding hydrogens is 196 g/mol. The van der Waals surface area contributed by atoms with Gasteiger partial charge in [0.25, 0.3) is 0 Å². The maximum absolute atomic E-state index is 5.90. The van der Waals surface area contributed by atoms with Crippen molar-refractivity contribution in [1.29, 1.82) is 0 Å². The summed E-state index contributed by atoms with van der Waals surface area (Å²) in [6.45, 7) is 9.41. The number of likely N-dealkylation sites (N-methyl/N-ethyl adjacent to an activating group) is 1. The molecule has 0 aliphatic rings. The van der Waals surface area contributed by atoms with Gasteiger partial charge in [-0.05, 0) is 69.6 Å². The van der Waals surface area contributed by atoms with E-state index in [2.05, 4.69) is 52.8 Å². The Labute approximate surface area is 99.5 Å². The molecule has 2 nitrogen and oxygen atoms in total. The summed E-state index contributed by atoms with van der Waals surface area (Å²) in [5, 5.41) is 0. The van der Waals surface area contributed by atoms with Gasteiger partial charge in [-0.2, -0.15) is 0 Å². The van der Waals surface area contributed by atoms with Crippen molar-refractivity contribution in [3.8, 4) is 0 Å². The molecule has 2 heteroatoms. The van der Waals surface area contributed by atoms with E-state index in [1.165, 1.54) is 27.8 Å². The fraction of sp³-hybridized carbons (Fsp3) is 0.571. The molecule has 0 aliphatic heterocycles. The summed E-state index contributed by atoms with van der Waals surface area (Å²) in [5.74, 6) is 0. The van der Waals surface area contributed by atoms with E-state index in [1.807, 2.05) is 0 Å². The molecule has 1 aromatic carbocycles. The highest BCUT2D eigenvalue weighted by Crippen LogP contribution is 2.29. The molecular formula is C14H24N2. The van der Waals surface area contributed by atoms with Crippen LogP contribution in [0.4, 0.5) is 0 Å². The maximum Gasteiger partial charge on any atom is 0.0470 e. The minimum Gasteiger partial charge on any atom is -0.329 e. The molecule has 0 amide bonds. The third-order valence-electron chi connectivity index (χ3n) is 3.60. The lowest BCUT2D eigenvalue weighted by atomic mass is 9.89. The fourth-order valence-electron chi connectivity index (χ4n) is 2.33. The lowest BCUT2D eigenvalue weighted by Crippen LogP contribution is -2.29. The van der Waals surface area contributed by atoms with E-state index in [0.717, 1.165) is 0 Å². The molecule has 0 aromatic heterocycles. The quantitative estimate of drug-likeness (QED) is 0.848. The summed E-state index contributed by atoms with van der Waals surface area (Å²) < 4.78 is 0. The molecule has 1 rings (SSSR count). The summed E-state index contributed by atoms with van der Waals surface area (Å²) in [6.07, 6.45) is 0. The van der Waals surface area contributed by atoms with Crippen LogP contribution in [-0.4, -0.2) is 25.5 Å². The predicted molar refractivity (Wildman–Crippen MR) is 70.9 cm³/mol. The fourth-order valence-corrected chi connectivity index (χ4v) is 2.33. The number of aryl methyl sites for hydroxylation is 2. The Morgan fingerprint density at radius 2 is 1.50 bits per heavy atom. The molecule has 0 heterocycles. The molecule has 1 aromatic rings. The predicted octanol–water partition coefficient (Wildman–Crippen LogP) is 2.48. The van der Waals surface area contributed by atoms with Gasteiger partial charge in [0, 0.05) is 12.6 Å². The van der Waals surface area contributed by atoms with Crippen LogP contribution >= 0.6 is 0 Å². The Bertz CT molecular complexity index is 355. The summed E-state index contributed by atoms with van der Waals surface area (Å²) in [7, 11) is 4.18. The number of rotatable bonds is 3. The first-order chi connectivity index (χ1) is 7.40. The van der Waals surface area contributed by atoms with Crippen LogP contribution in [0, 0.1) is 27.7 Å². The van der Waals surface area contributed by atoms with E-state index in [9.17, 15) is 0 Å². The van der Waals surface area contributed by atoms with Gasteiger partial charge in [-0.15, -0.1) is 0 Å². The van der Waals surface area contributed by atoms with Gasteiger partial charge in [-0.3, -0.25) is 0 Å². The number of benzene rings is 1. The van der Waals surface area contributed by atoms with Crippen molar-refractivity contribution in [2.24, 2.45) is 5.73 Å². The van der Waals surface area contributed by atoms with E-state index in [-0.39, 0.29) is 0 Å². The zero-order valence-electron chi connectivity index (χ0n) is 11.4. The lowest BCUT2D eigenvalue weighted by Gasteiger charge is -2.28. The van der Waals surface area contributed by atoms with E-state index in [4.69, 9.17) is 5.73 Å². The Hall–Kier alpha value is -0.860. The van der Waals surface area contributed by atoms with Gasteiger partial charge in [0.05, 0.1) is 0 Å². The molecule has 0 aliphatic carbocycles. The second-order valence-corrected chi connectivity index (χ2v) is 4.89. The van der Waals surface area contributed by atoms with Crippen LogP contribution in [0.1, 0.15) is 33.9 Å². The van der Waals surface area contributed by atoms with Crippen LogP contribution in [0.25, 0.3) is 0 Å². The molecule has 90 valence electrons. The van der Waals surface area contributed by atoms with E-state index in [0.29, 0.717) is 12.6 Å². The zero-order chi connectivity index (χ0) is 12.5. The van der Waals surface area contributed by atoms with Gasteiger partial charge in [0.15, 0.2) is 0 Å². The van der Waals surface area contributed by atoms with Crippen LogP contribution in [0.15, 0.2) is 6.07 Å². The molecule has 0 fully saturated rings. The van der Waals surface area contributed by atoms with E-state index >= 15 is 0 Å². The third-order valence-corrected chi connectivity index (χ3v) is 3.60. The van der Waals surface area contributed by atoms with Crippen LogP contribution in [-0.2, 0) is 0 Å². The molecule has 0 bridgehead atoms. The van der Waals surface area contributed by atoms with Crippen molar-refractivity contribution in [1.82, 2.24) is 4.90 Å². The molecule has 2 N–H and O–H groups in total. The summed E-state index contributed by atoms with van der Waals surface area (Å²) in [4.78, 5) is 2.20. The van der Waals surface area contributed by atoms with Crippen molar-refractivity contribution < 1.29 is 0 Å². The van der Waals surface area contributed by atoms with Gasteiger partial charge in [0.2, 0.25) is 0 Å². The first-order valence-electron chi connectivity index (χ1n) is 5.84. The molecule has 16 heavy (non-hydrogen) atoms. The Balaban J connectivity index is 3.41. The minimum atomic E-state index is 0.318. The van der Waals surface area contributed by atoms with Crippen molar-refractivity contribution in [3.05, 3.63) is 33.9 Å².